The Morgan fingerprint density at radius 2 is 2.09 bits per heavy atom. The monoisotopic (exact) mass is 340 g/mol. The number of aromatic nitrogens is 1. The molecule has 2 heterocycles. The fourth-order valence-corrected chi connectivity index (χ4v) is 3.26. The Kier molecular flexibility index (Phi) is 4.02. The average molecular weight is 341 g/mol. The van der Waals surface area contributed by atoms with E-state index in [1.54, 1.807) is 23.1 Å². The van der Waals surface area contributed by atoms with E-state index in [0.29, 0.717) is 34.8 Å². The van der Waals surface area contributed by atoms with E-state index in [0.717, 1.165) is 5.52 Å². The van der Waals surface area contributed by atoms with Crippen LogP contribution < -0.4 is 0 Å². The molecule has 2 N–H and O–H groups in total. The van der Waals surface area contributed by atoms with Crippen LogP contribution in [0, 0.1) is 5.92 Å². The van der Waals surface area contributed by atoms with E-state index >= 15 is 0 Å². The molecule has 1 amide bonds. The van der Waals surface area contributed by atoms with Crippen LogP contribution in [-0.2, 0) is 4.79 Å². The van der Waals surface area contributed by atoms with Crippen LogP contribution in [0.3, 0.4) is 0 Å². The highest BCUT2D eigenvalue weighted by molar-refractivity contribution is 6.39. The van der Waals surface area contributed by atoms with Gasteiger partial charge in [-0.15, -0.1) is 0 Å². The van der Waals surface area contributed by atoms with Crippen molar-refractivity contribution in [3.05, 3.63) is 33.9 Å². The minimum atomic E-state index is -0.868. The van der Waals surface area contributed by atoms with Gasteiger partial charge in [0.05, 0.1) is 10.9 Å². The van der Waals surface area contributed by atoms with E-state index in [1.807, 2.05) is 0 Å². The molecule has 2 aromatic rings. The third kappa shape index (κ3) is 2.66. The molecular weight excluding hydrogens is 327 g/mol. The summed E-state index contributed by atoms with van der Waals surface area (Å²) in [6, 6.07) is 5.17. The van der Waals surface area contributed by atoms with Crippen molar-refractivity contribution in [3.8, 4) is 0 Å². The maximum Gasteiger partial charge on any atom is 0.308 e. The van der Waals surface area contributed by atoms with Crippen LogP contribution in [0.15, 0.2) is 18.2 Å². The Morgan fingerprint density at radius 1 is 1.32 bits per heavy atom. The zero-order valence-corrected chi connectivity index (χ0v) is 13.1. The second-order valence-corrected chi connectivity index (χ2v) is 6.25. The van der Waals surface area contributed by atoms with Gasteiger partial charge in [-0.25, -0.2) is 0 Å². The number of rotatable bonds is 2. The normalized spacial score (nSPS) is 18.6. The minimum absolute atomic E-state index is 0.209. The van der Waals surface area contributed by atoms with Crippen molar-refractivity contribution in [2.75, 3.05) is 13.1 Å². The number of H-pyrrole nitrogens is 1. The number of aliphatic carboxylic acids is 1. The number of carbonyl (C=O) groups excluding carboxylic acids is 1. The lowest BCUT2D eigenvalue weighted by Crippen LogP contribution is -2.42. The summed E-state index contributed by atoms with van der Waals surface area (Å²) < 4.78 is 0. The number of carboxylic acid groups (broad SMARTS) is 1. The highest BCUT2D eigenvalue weighted by atomic mass is 35.5. The molecule has 0 radical (unpaired) electrons. The van der Waals surface area contributed by atoms with Crippen LogP contribution in [0.4, 0.5) is 0 Å². The molecule has 1 atom stereocenters. The number of benzene rings is 1. The number of likely N-dealkylation sites (tertiary alicyclic amines) is 1. The molecule has 1 aromatic carbocycles. The summed E-state index contributed by atoms with van der Waals surface area (Å²) in [6.07, 6.45) is 1.27. The van der Waals surface area contributed by atoms with E-state index in [4.69, 9.17) is 28.3 Å². The molecule has 7 heteroatoms. The predicted octanol–water partition coefficient (Wildman–Crippen LogP) is 3.41. The second kappa shape index (κ2) is 5.82. The molecular formula is C15H14Cl2N2O3. The molecule has 0 aliphatic carbocycles. The standard InChI is InChI=1S/C15H14Cl2N2O3/c16-9-3-4-11-10(6-9)12(17)13(18-11)14(20)19-5-1-2-8(7-19)15(21)22/h3-4,6,8,18H,1-2,5,7H2,(H,21,22)/t8-/m0/s1. The molecule has 1 saturated heterocycles. The van der Waals surface area contributed by atoms with Gasteiger partial charge in [-0.3, -0.25) is 9.59 Å². The Labute approximate surface area is 136 Å². The predicted molar refractivity (Wildman–Crippen MR) is 84.6 cm³/mol. The maximum absolute atomic E-state index is 12.6. The van der Waals surface area contributed by atoms with E-state index < -0.39 is 11.9 Å². The zero-order chi connectivity index (χ0) is 15.9. The van der Waals surface area contributed by atoms with Gasteiger partial charge in [-0.1, -0.05) is 23.2 Å². The van der Waals surface area contributed by atoms with Crippen LogP contribution in [-0.4, -0.2) is 40.0 Å². The van der Waals surface area contributed by atoms with Gasteiger partial charge < -0.3 is 15.0 Å². The number of hydrogen-bond acceptors (Lipinski definition) is 2. The van der Waals surface area contributed by atoms with E-state index in [9.17, 15) is 9.59 Å². The fourth-order valence-electron chi connectivity index (χ4n) is 2.80. The molecule has 1 aromatic heterocycles. The minimum Gasteiger partial charge on any atom is -0.481 e. The molecule has 0 unspecified atom stereocenters. The zero-order valence-electron chi connectivity index (χ0n) is 11.6. The van der Waals surface area contributed by atoms with Gasteiger partial charge in [0.1, 0.15) is 5.69 Å². The first-order valence-electron chi connectivity index (χ1n) is 6.96. The molecule has 1 aliphatic heterocycles. The molecule has 0 saturated carbocycles. The number of carboxylic acids is 1. The summed E-state index contributed by atoms with van der Waals surface area (Å²) in [4.78, 5) is 28.3. The summed E-state index contributed by atoms with van der Waals surface area (Å²) >= 11 is 12.2. The molecule has 0 bridgehead atoms. The fraction of sp³-hybridized carbons (Fsp3) is 0.333. The Morgan fingerprint density at radius 3 is 2.82 bits per heavy atom. The van der Waals surface area contributed by atoms with Crippen molar-refractivity contribution in [3.63, 3.8) is 0 Å². The van der Waals surface area contributed by atoms with Crippen LogP contribution in [0.1, 0.15) is 23.3 Å². The average Bonchev–Trinajstić information content (AvgIpc) is 2.83. The molecule has 1 fully saturated rings. The first kappa shape index (κ1) is 15.2. The quantitative estimate of drug-likeness (QED) is 0.879. The smallest absolute Gasteiger partial charge is 0.308 e. The molecule has 22 heavy (non-hydrogen) atoms. The largest absolute Gasteiger partial charge is 0.481 e. The van der Waals surface area contributed by atoms with Crippen molar-refractivity contribution in [1.82, 2.24) is 9.88 Å². The summed E-state index contributed by atoms with van der Waals surface area (Å²) in [7, 11) is 0. The topological polar surface area (TPSA) is 73.4 Å². The molecule has 1 aliphatic rings. The molecule has 116 valence electrons. The number of piperidine rings is 1. The Balaban J connectivity index is 1.92. The maximum atomic E-state index is 12.6. The summed E-state index contributed by atoms with van der Waals surface area (Å²) in [5.41, 5.74) is 1.01. The molecule has 0 spiro atoms. The number of nitrogens with one attached hydrogen (secondary N) is 1. The Bertz CT molecular complexity index is 757. The lowest BCUT2D eigenvalue weighted by molar-refractivity contribution is -0.143. The number of halogens is 2. The SMILES string of the molecule is O=C(O)[C@H]1CCCN(C(=O)c2[nH]c3ccc(Cl)cc3c2Cl)C1. The van der Waals surface area contributed by atoms with Crippen molar-refractivity contribution in [2.45, 2.75) is 12.8 Å². The number of aromatic amines is 1. The first-order valence-corrected chi connectivity index (χ1v) is 7.72. The van der Waals surface area contributed by atoms with Crippen molar-refractivity contribution < 1.29 is 14.7 Å². The highest BCUT2D eigenvalue weighted by Gasteiger charge is 2.30. The van der Waals surface area contributed by atoms with Gasteiger partial charge in [0.15, 0.2) is 0 Å². The van der Waals surface area contributed by atoms with E-state index in [2.05, 4.69) is 4.98 Å². The first-order chi connectivity index (χ1) is 10.5. The number of fused-ring (bicyclic) bond motifs is 1. The van der Waals surface area contributed by atoms with Gasteiger partial charge >= 0.3 is 5.97 Å². The number of nitrogens with zero attached hydrogens (tertiary/aromatic N) is 1. The van der Waals surface area contributed by atoms with Crippen LogP contribution in [0.25, 0.3) is 10.9 Å². The van der Waals surface area contributed by atoms with Gasteiger partial charge in [0.25, 0.3) is 5.91 Å². The highest BCUT2D eigenvalue weighted by Crippen LogP contribution is 2.31. The second-order valence-electron chi connectivity index (χ2n) is 5.43. The summed E-state index contributed by atoms with van der Waals surface area (Å²) in [6.45, 7) is 0.746. The number of hydrogen-bond donors (Lipinski definition) is 2. The Hall–Kier alpha value is -1.72. The van der Waals surface area contributed by atoms with Crippen LogP contribution in [0.5, 0.6) is 0 Å². The van der Waals surface area contributed by atoms with Crippen molar-refractivity contribution in [1.29, 1.82) is 0 Å². The number of carbonyl (C=O) groups is 2. The third-order valence-corrected chi connectivity index (χ3v) is 4.60. The van der Waals surface area contributed by atoms with Gasteiger partial charge in [-0.2, -0.15) is 0 Å². The van der Waals surface area contributed by atoms with E-state index in [-0.39, 0.29) is 18.1 Å². The van der Waals surface area contributed by atoms with Crippen LogP contribution >= 0.6 is 23.2 Å². The number of amides is 1. The van der Waals surface area contributed by atoms with Gasteiger partial charge in [-0.05, 0) is 31.0 Å². The van der Waals surface area contributed by atoms with Gasteiger partial charge in [0, 0.05) is 29.0 Å². The third-order valence-electron chi connectivity index (χ3n) is 3.97. The molecule has 3 rings (SSSR count). The van der Waals surface area contributed by atoms with Crippen molar-refractivity contribution in [2.24, 2.45) is 5.92 Å². The summed E-state index contributed by atoms with van der Waals surface area (Å²) in [5.74, 6) is -1.66. The van der Waals surface area contributed by atoms with Gasteiger partial charge in [0.2, 0.25) is 0 Å². The lowest BCUT2D eigenvalue weighted by atomic mass is 9.98. The van der Waals surface area contributed by atoms with Crippen LogP contribution in [0.2, 0.25) is 10.0 Å². The lowest BCUT2D eigenvalue weighted by Gasteiger charge is -2.30. The summed E-state index contributed by atoms with van der Waals surface area (Å²) in [5, 5.41) is 10.7. The molecule has 5 nitrogen and oxygen atoms in total. The van der Waals surface area contributed by atoms with Crippen molar-refractivity contribution >= 4 is 46.0 Å². The van der Waals surface area contributed by atoms with E-state index in [1.165, 1.54) is 0 Å².